The van der Waals surface area contributed by atoms with Gasteiger partial charge in [-0.15, -0.1) is 5.10 Å². The summed E-state index contributed by atoms with van der Waals surface area (Å²) < 4.78 is 9.97. The van der Waals surface area contributed by atoms with Gasteiger partial charge in [-0.1, -0.05) is 5.21 Å². The Hall–Kier alpha value is -1.73. The van der Waals surface area contributed by atoms with E-state index < -0.39 is 0 Å². The fourth-order valence-corrected chi connectivity index (χ4v) is 3.06. The highest BCUT2D eigenvalue weighted by Crippen LogP contribution is 2.32. The topological polar surface area (TPSA) is 69.8 Å². The molecule has 7 heteroatoms. The van der Waals surface area contributed by atoms with Crippen LogP contribution in [0, 0.1) is 5.92 Å². The minimum absolute atomic E-state index is 0.0791. The van der Waals surface area contributed by atoms with E-state index in [1.807, 2.05) is 30.3 Å². The number of nitrogens with one attached hydrogen (secondary N) is 1. The van der Waals surface area contributed by atoms with E-state index in [1.165, 1.54) is 0 Å². The van der Waals surface area contributed by atoms with E-state index in [-0.39, 0.29) is 6.10 Å². The molecule has 0 aliphatic carbocycles. The molecule has 1 saturated heterocycles. The molecule has 0 saturated carbocycles. The smallest absolute Gasteiger partial charge is 0.137 e. The van der Waals surface area contributed by atoms with Crippen molar-refractivity contribution in [3.8, 4) is 0 Å². The van der Waals surface area contributed by atoms with Gasteiger partial charge in [-0.2, -0.15) is 0 Å². The number of imidazole rings is 1. The van der Waals surface area contributed by atoms with Crippen LogP contribution in [-0.2, 0) is 24.9 Å². The molecule has 22 heavy (non-hydrogen) atoms. The maximum atomic E-state index is 6.00. The second-order valence-electron chi connectivity index (χ2n) is 5.76. The summed E-state index contributed by atoms with van der Waals surface area (Å²) in [7, 11) is 2.02. The van der Waals surface area contributed by atoms with Crippen molar-refractivity contribution < 1.29 is 4.74 Å². The van der Waals surface area contributed by atoms with E-state index in [2.05, 4.69) is 32.1 Å². The van der Waals surface area contributed by atoms with Gasteiger partial charge in [0.05, 0.1) is 11.9 Å². The molecule has 1 N–H and O–H groups in total. The Morgan fingerprint density at radius 2 is 2.36 bits per heavy atom. The molecule has 2 aromatic heterocycles. The van der Waals surface area contributed by atoms with Gasteiger partial charge in [0.1, 0.15) is 11.9 Å². The van der Waals surface area contributed by atoms with E-state index in [1.54, 1.807) is 0 Å². The lowest BCUT2D eigenvalue weighted by Crippen LogP contribution is -2.33. The van der Waals surface area contributed by atoms with Crippen LogP contribution in [0.1, 0.15) is 37.4 Å². The number of hydrogen-bond acceptors (Lipinski definition) is 5. The molecule has 3 rings (SSSR count). The lowest BCUT2D eigenvalue weighted by molar-refractivity contribution is -0.0344. The molecule has 0 amide bonds. The minimum atomic E-state index is 0.0791. The van der Waals surface area contributed by atoms with Crippen LogP contribution in [-0.4, -0.2) is 37.7 Å². The lowest BCUT2D eigenvalue weighted by Gasteiger charge is -2.31. The van der Waals surface area contributed by atoms with E-state index in [9.17, 15) is 0 Å². The molecule has 7 nitrogen and oxygen atoms in total. The number of nitrogens with zero attached hydrogens (tertiary/aromatic N) is 5. The third-order valence-electron chi connectivity index (χ3n) is 4.27. The first-order valence-corrected chi connectivity index (χ1v) is 7.96. The van der Waals surface area contributed by atoms with Gasteiger partial charge < -0.3 is 14.6 Å². The molecule has 0 spiro atoms. The molecule has 120 valence electrons. The van der Waals surface area contributed by atoms with Crippen LogP contribution in [0.5, 0.6) is 0 Å². The average molecular weight is 304 g/mol. The van der Waals surface area contributed by atoms with Crippen LogP contribution >= 0.6 is 0 Å². The second-order valence-corrected chi connectivity index (χ2v) is 5.76. The van der Waals surface area contributed by atoms with Crippen LogP contribution in [0.25, 0.3) is 0 Å². The summed E-state index contributed by atoms with van der Waals surface area (Å²) in [4.78, 5) is 4.46. The van der Waals surface area contributed by atoms with Gasteiger partial charge in [-0.05, 0) is 19.8 Å². The van der Waals surface area contributed by atoms with Crippen LogP contribution in [0.3, 0.4) is 0 Å². The molecule has 1 aliphatic rings. The van der Waals surface area contributed by atoms with Crippen molar-refractivity contribution >= 4 is 0 Å². The molecular weight excluding hydrogens is 280 g/mol. The number of aromatic nitrogens is 5. The minimum Gasteiger partial charge on any atom is -0.370 e. The third-order valence-corrected chi connectivity index (χ3v) is 4.27. The van der Waals surface area contributed by atoms with Crippen LogP contribution < -0.4 is 5.32 Å². The monoisotopic (exact) mass is 304 g/mol. The largest absolute Gasteiger partial charge is 0.370 e. The summed E-state index contributed by atoms with van der Waals surface area (Å²) in [6.45, 7) is 5.43. The summed E-state index contributed by atoms with van der Waals surface area (Å²) in [6.07, 6.45) is 7.99. The summed E-state index contributed by atoms with van der Waals surface area (Å²) >= 11 is 0. The SMILES string of the molecule is CCn1nncc1CNC[C@@H]1CCCO[C@H]1c1nccn1C. The molecular formula is C15H24N6O. The fraction of sp³-hybridized carbons (Fsp3) is 0.667. The Labute approximate surface area is 130 Å². The third kappa shape index (κ3) is 3.20. The Morgan fingerprint density at radius 1 is 1.45 bits per heavy atom. The van der Waals surface area contributed by atoms with Gasteiger partial charge in [0.25, 0.3) is 0 Å². The average Bonchev–Trinajstić information content (AvgIpc) is 3.16. The predicted octanol–water partition coefficient (Wildman–Crippen LogP) is 1.29. The van der Waals surface area contributed by atoms with Crippen molar-refractivity contribution in [2.75, 3.05) is 13.2 Å². The standard InChI is InChI=1S/C15H24N6O/c1-3-21-13(11-18-19-21)10-16-9-12-5-4-8-22-14(12)15-17-6-7-20(15)2/h6-7,11-12,14,16H,3-5,8-10H2,1-2H3/t12-,14+/m0/s1. The Kier molecular flexibility index (Phi) is 4.84. The zero-order valence-electron chi connectivity index (χ0n) is 13.3. The zero-order chi connectivity index (χ0) is 15.4. The van der Waals surface area contributed by atoms with E-state index in [0.29, 0.717) is 5.92 Å². The maximum Gasteiger partial charge on any atom is 0.137 e. The summed E-state index contributed by atoms with van der Waals surface area (Å²) in [6, 6.07) is 0. The van der Waals surface area contributed by atoms with Crippen molar-refractivity contribution in [3.05, 3.63) is 30.1 Å². The van der Waals surface area contributed by atoms with Gasteiger partial charge in [-0.3, -0.25) is 0 Å². The highest BCUT2D eigenvalue weighted by Gasteiger charge is 2.29. The molecule has 0 radical (unpaired) electrons. The number of ether oxygens (including phenoxy) is 1. The van der Waals surface area contributed by atoms with Crippen molar-refractivity contribution in [2.45, 2.75) is 39.0 Å². The van der Waals surface area contributed by atoms with Crippen LogP contribution in [0.2, 0.25) is 0 Å². The molecule has 1 fully saturated rings. The molecule has 0 unspecified atom stereocenters. The Morgan fingerprint density at radius 3 is 3.14 bits per heavy atom. The summed E-state index contributed by atoms with van der Waals surface area (Å²) in [5.74, 6) is 1.47. The first kappa shape index (κ1) is 15.2. The fourth-order valence-electron chi connectivity index (χ4n) is 3.06. The summed E-state index contributed by atoms with van der Waals surface area (Å²) in [5.41, 5.74) is 1.12. The summed E-state index contributed by atoms with van der Waals surface area (Å²) in [5, 5.41) is 11.5. The van der Waals surface area contributed by atoms with Crippen molar-refractivity contribution in [1.82, 2.24) is 29.9 Å². The Balaban J connectivity index is 1.59. The van der Waals surface area contributed by atoms with Crippen molar-refractivity contribution in [2.24, 2.45) is 13.0 Å². The van der Waals surface area contributed by atoms with Gasteiger partial charge in [0, 0.05) is 51.6 Å². The highest BCUT2D eigenvalue weighted by molar-refractivity contribution is 5.00. The first-order valence-electron chi connectivity index (χ1n) is 7.96. The predicted molar refractivity (Wildman–Crippen MR) is 82.0 cm³/mol. The van der Waals surface area contributed by atoms with Gasteiger partial charge in [0.2, 0.25) is 0 Å². The lowest BCUT2D eigenvalue weighted by atomic mass is 9.93. The normalized spacial score (nSPS) is 22.1. The molecule has 0 bridgehead atoms. The molecule has 0 aromatic carbocycles. The number of aryl methyl sites for hydroxylation is 2. The van der Waals surface area contributed by atoms with E-state index in [0.717, 1.165) is 50.6 Å². The van der Waals surface area contributed by atoms with Crippen LogP contribution in [0.4, 0.5) is 0 Å². The van der Waals surface area contributed by atoms with Gasteiger partial charge in [-0.25, -0.2) is 9.67 Å². The van der Waals surface area contributed by atoms with E-state index >= 15 is 0 Å². The zero-order valence-corrected chi connectivity index (χ0v) is 13.3. The second kappa shape index (κ2) is 7.02. The maximum absolute atomic E-state index is 6.00. The van der Waals surface area contributed by atoms with Gasteiger partial charge >= 0.3 is 0 Å². The molecule has 1 aliphatic heterocycles. The molecule has 3 heterocycles. The van der Waals surface area contributed by atoms with E-state index in [4.69, 9.17) is 4.74 Å². The molecule has 2 aromatic rings. The van der Waals surface area contributed by atoms with Crippen molar-refractivity contribution in [3.63, 3.8) is 0 Å². The van der Waals surface area contributed by atoms with Gasteiger partial charge in [0.15, 0.2) is 0 Å². The molecule has 2 atom stereocenters. The van der Waals surface area contributed by atoms with Crippen molar-refractivity contribution in [1.29, 1.82) is 0 Å². The highest BCUT2D eigenvalue weighted by atomic mass is 16.5. The Bertz CT molecular complexity index is 592. The number of hydrogen-bond donors (Lipinski definition) is 1. The number of rotatable bonds is 6. The van der Waals surface area contributed by atoms with Crippen LogP contribution in [0.15, 0.2) is 18.6 Å². The quantitative estimate of drug-likeness (QED) is 0.871. The first-order chi connectivity index (χ1) is 10.8.